The summed E-state index contributed by atoms with van der Waals surface area (Å²) < 4.78 is 37.5. The van der Waals surface area contributed by atoms with Crippen molar-refractivity contribution >= 4 is 10.0 Å². The second kappa shape index (κ2) is 8.79. The van der Waals surface area contributed by atoms with Crippen molar-refractivity contribution in [3.05, 3.63) is 66.1 Å². The number of rotatable bonds is 9. The van der Waals surface area contributed by atoms with Crippen molar-refractivity contribution in [3.63, 3.8) is 0 Å². The standard InChI is InChI=1S/C19H21N3O4S/c1-25-17-9-7-16(8-10-17)19-22-21-18(26-19)11-13-20-27(23,24)14-12-15-5-3-2-4-6-15/h2-10,20H,11-14H2,1H3. The zero-order valence-corrected chi connectivity index (χ0v) is 15.8. The molecule has 0 aliphatic rings. The molecule has 3 aromatic rings. The molecule has 1 aromatic heterocycles. The highest BCUT2D eigenvalue weighted by molar-refractivity contribution is 7.89. The fourth-order valence-corrected chi connectivity index (χ4v) is 3.55. The van der Waals surface area contributed by atoms with Crippen molar-refractivity contribution in [2.24, 2.45) is 0 Å². The van der Waals surface area contributed by atoms with Gasteiger partial charge in [0.2, 0.25) is 21.8 Å². The summed E-state index contributed by atoms with van der Waals surface area (Å²) in [6, 6.07) is 16.8. The van der Waals surface area contributed by atoms with Crippen molar-refractivity contribution in [1.82, 2.24) is 14.9 Å². The van der Waals surface area contributed by atoms with Gasteiger partial charge in [0.15, 0.2) is 0 Å². The van der Waals surface area contributed by atoms with Gasteiger partial charge in [0.05, 0.1) is 12.9 Å². The fraction of sp³-hybridized carbons (Fsp3) is 0.263. The molecule has 3 rings (SSSR count). The third kappa shape index (κ3) is 5.63. The topological polar surface area (TPSA) is 94.3 Å². The summed E-state index contributed by atoms with van der Waals surface area (Å²) >= 11 is 0. The normalized spacial score (nSPS) is 11.4. The number of hydrogen-bond acceptors (Lipinski definition) is 6. The van der Waals surface area contributed by atoms with E-state index in [9.17, 15) is 8.42 Å². The van der Waals surface area contributed by atoms with Crippen LogP contribution in [0.15, 0.2) is 59.0 Å². The molecule has 1 heterocycles. The Balaban J connectivity index is 1.49. The quantitative estimate of drug-likeness (QED) is 0.606. The Labute approximate surface area is 158 Å². The minimum atomic E-state index is -3.36. The number of benzene rings is 2. The van der Waals surface area contributed by atoms with Gasteiger partial charge in [0.25, 0.3) is 0 Å². The molecule has 27 heavy (non-hydrogen) atoms. The molecule has 0 spiro atoms. The minimum Gasteiger partial charge on any atom is -0.497 e. The van der Waals surface area contributed by atoms with Crippen LogP contribution in [-0.2, 0) is 22.9 Å². The molecule has 1 N–H and O–H groups in total. The van der Waals surface area contributed by atoms with Gasteiger partial charge in [0, 0.05) is 18.5 Å². The lowest BCUT2D eigenvalue weighted by Crippen LogP contribution is -2.29. The molecule has 0 aliphatic carbocycles. The van der Waals surface area contributed by atoms with Crippen molar-refractivity contribution in [2.75, 3.05) is 19.4 Å². The number of methoxy groups -OCH3 is 1. The van der Waals surface area contributed by atoms with Crippen LogP contribution in [0.2, 0.25) is 0 Å². The molecular formula is C19H21N3O4S. The van der Waals surface area contributed by atoms with Crippen LogP contribution in [0.5, 0.6) is 5.75 Å². The Bertz CT molecular complexity index is 954. The minimum absolute atomic E-state index is 0.0396. The van der Waals surface area contributed by atoms with E-state index in [0.717, 1.165) is 16.9 Å². The van der Waals surface area contributed by atoms with Crippen LogP contribution in [0.3, 0.4) is 0 Å². The predicted octanol–water partition coefficient (Wildman–Crippen LogP) is 2.45. The van der Waals surface area contributed by atoms with Gasteiger partial charge < -0.3 is 9.15 Å². The van der Waals surface area contributed by atoms with E-state index in [1.807, 2.05) is 42.5 Å². The van der Waals surface area contributed by atoms with Gasteiger partial charge in [-0.1, -0.05) is 30.3 Å². The van der Waals surface area contributed by atoms with Crippen molar-refractivity contribution < 1.29 is 17.6 Å². The number of ether oxygens (including phenoxy) is 1. The summed E-state index contributed by atoms with van der Waals surface area (Å²) in [5, 5.41) is 7.96. The molecule has 0 fully saturated rings. The van der Waals surface area contributed by atoms with E-state index in [1.165, 1.54) is 0 Å². The molecule has 142 valence electrons. The fourth-order valence-electron chi connectivity index (χ4n) is 2.49. The number of nitrogens with one attached hydrogen (secondary N) is 1. The lowest BCUT2D eigenvalue weighted by Gasteiger charge is -2.05. The van der Waals surface area contributed by atoms with Gasteiger partial charge >= 0.3 is 0 Å². The average molecular weight is 387 g/mol. The smallest absolute Gasteiger partial charge is 0.247 e. The van der Waals surface area contributed by atoms with Crippen molar-refractivity contribution in [1.29, 1.82) is 0 Å². The summed E-state index contributed by atoms with van der Waals surface area (Å²) in [5.41, 5.74) is 1.77. The first-order chi connectivity index (χ1) is 13.1. The van der Waals surface area contributed by atoms with Crippen molar-refractivity contribution in [3.8, 4) is 17.2 Å². The number of nitrogens with zero attached hydrogens (tertiary/aromatic N) is 2. The number of aryl methyl sites for hydroxylation is 1. The molecule has 0 saturated heterocycles. The predicted molar refractivity (Wildman–Crippen MR) is 102 cm³/mol. The number of hydrogen-bond donors (Lipinski definition) is 1. The number of aromatic nitrogens is 2. The van der Waals surface area contributed by atoms with Crippen LogP contribution in [0, 0.1) is 0 Å². The zero-order chi connectivity index (χ0) is 19.1. The molecule has 0 atom stereocenters. The van der Waals surface area contributed by atoms with E-state index < -0.39 is 10.0 Å². The van der Waals surface area contributed by atoms with E-state index in [0.29, 0.717) is 24.6 Å². The molecular weight excluding hydrogens is 366 g/mol. The van der Waals surface area contributed by atoms with Crippen LogP contribution in [0.25, 0.3) is 11.5 Å². The van der Waals surface area contributed by atoms with Crippen LogP contribution in [0.1, 0.15) is 11.5 Å². The third-order valence-corrected chi connectivity index (χ3v) is 5.35. The highest BCUT2D eigenvalue weighted by atomic mass is 32.2. The molecule has 2 aromatic carbocycles. The molecule has 8 heteroatoms. The van der Waals surface area contributed by atoms with Gasteiger partial charge in [0.1, 0.15) is 5.75 Å². The molecule has 7 nitrogen and oxygen atoms in total. The molecule has 0 unspecified atom stereocenters. The second-order valence-corrected chi connectivity index (χ2v) is 7.85. The molecule has 0 saturated carbocycles. The highest BCUT2D eigenvalue weighted by Crippen LogP contribution is 2.21. The van der Waals surface area contributed by atoms with Crippen LogP contribution < -0.4 is 9.46 Å². The summed E-state index contributed by atoms with van der Waals surface area (Å²) in [7, 11) is -1.76. The average Bonchev–Trinajstić information content (AvgIpc) is 3.16. The summed E-state index contributed by atoms with van der Waals surface area (Å²) in [6.45, 7) is 0.210. The van der Waals surface area contributed by atoms with Gasteiger partial charge in [-0.2, -0.15) is 0 Å². The first-order valence-electron chi connectivity index (χ1n) is 8.54. The molecule has 0 bridgehead atoms. The van der Waals surface area contributed by atoms with Gasteiger partial charge in [-0.15, -0.1) is 10.2 Å². The maximum absolute atomic E-state index is 12.1. The molecule has 0 amide bonds. The SMILES string of the molecule is COc1ccc(-c2nnc(CCNS(=O)(=O)CCc3ccccc3)o2)cc1. The molecule has 0 aliphatic heterocycles. The maximum atomic E-state index is 12.1. The van der Waals surface area contributed by atoms with Crippen molar-refractivity contribution in [2.45, 2.75) is 12.8 Å². The van der Waals surface area contributed by atoms with Gasteiger partial charge in [-0.25, -0.2) is 13.1 Å². The van der Waals surface area contributed by atoms with Gasteiger partial charge in [-0.05, 0) is 36.2 Å². The highest BCUT2D eigenvalue weighted by Gasteiger charge is 2.12. The lowest BCUT2D eigenvalue weighted by atomic mass is 10.2. The summed E-state index contributed by atoms with van der Waals surface area (Å²) in [4.78, 5) is 0. The van der Waals surface area contributed by atoms with E-state index in [1.54, 1.807) is 19.2 Å². The first-order valence-corrected chi connectivity index (χ1v) is 10.2. The Hall–Kier alpha value is -2.71. The monoisotopic (exact) mass is 387 g/mol. The largest absolute Gasteiger partial charge is 0.497 e. The Morgan fingerprint density at radius 1 is 1.00 bits per heavy atom. The second-order valence-electron chi connectivity index (χ2n) is 5.93. The Kier molecular flexibility index (Phi) is 6.20. The molecule has 0 radical (unpaired) electrons. The first kappa shape index (κ1) is 19.1. The zero-order valence-electron chi connectivity index (χ0n) is 15.0. The lowest BCUT2D eigenvalue weighted by molar-refractivity contribution is 0.415. The van der Waals surface area contributed by atoms with E-state index in [-0.39, 0.29) is 12.3 Å². The Morgan fingerprint density at radius 2 is 1.74 bits per heavy atom. The van der Waals surface area contributed by atoms with Gasteiger partial charge in [-0.3, -0.25) is 0 Å². The summed E-state index contributed by atoms with van der Waals surface area (Å²) in [6.07, 6.45) is 0.798. The maximum Gasteiger partial charge on any atom is 0.247 e. The number of sulfonamides is 1. The van der Waals surface area contributed by atoms with E-state index >= 15 is 0 Å². The summed E-state index contributed by atoms with van der Waals surface area (Å²) in [5.74, 6) is 1.55. The Morgan fingerprint density at radius 3 is 2.44 bits per heavy atom. The van der Waals surface area contributed by atoms with Crippen LogP contribution >= 0.6 is 0 Å². The van der Waals surface area contributed by atoms with Crippen LogP contribution in [-0.4, -0.2) is 38.0 Å². The third-order valence-electron chi connectivity index (χ3n) is 3.97. The van der Waals surface area contributed by atoms with Crippen LogP contribution in [0.4, 0.5) is 0 Å². The van der Waals surface area contributed by atoms with E-state index in [4.69, 9.17) is 9.15 Å². The van der Waals surface area contributed by atoms with E-state index in [2.05, 4.69) is 14.9 Å².